The zero-order valence-corrected chi connectivity index (χ0v) is 22.5. The maximum Gasteiger partial charge on any atom is 0.411 e. The molecular weight excluding hydrogens is 606 g/mol. The van der Waals surface area contributed by atoms with Crippen molar-refractivity contribution >= 4 is 46.4 Å². The summed E-state index contributed by atoms with van der Waals surface area (Å²) in [7, 11) is 0. The van der Waals surface area contributed by atoms with Gasteiger partial charge in [0, 0.05) is 11.4 Å². The number of imide groups is 2. The molecule has 228 valence electrons. The second-order valence-corrected chi connectivity index (χ2v) is 10.3. The van der Waals surface area contributed by atoms with Gasteiger partial charge in [-0.2, -0.15) is 26.3 Å². The van der Waals surface area contributed by atoms with E-state index in [0.717, 1.165) is 0 Å². The number of nitrogen functional groups attached to an aromatic ring is 2. The second kappa shape index (κ2) is 9.67. The van der Waals surface area contributed by atoms with Gasteiger partial charge >= 0.3 is 12.4 Å². The third-order valence-electron chi connectivity index (χ3n) is 7.75. The van der Waals surface area contributed by atoms with Crippen LogP contribution in [0.1, 0.15) is 52.6 Å². The highest BCUT2D eigenvalue weighted by atomic mass is 19.4. The Morgan fingerprint density at radius 3 is 1.16 bits per heavy atom. The number of anilines is 4. The molecule has 4 aromatic carbocycles. The van der Waals surface area contributed by atoms with E-state index in [1.165, 1.54) is 48.5 Å². The SMILES string of the molecule is Nc1cccc(N2C(=O)c3ccc(C(c4ccc5c(c4)C(=O)N(c4cccc(N)c4)C5=O)(C(F)(F)F)C(F)(F)F)cc3C2=O)c1. The Kier molecular flexibility index (Phi) is 6.32. The third kappa shape index (κ3) is 4.16. The van der Waals surface area contributed by atoms with Crippen LogP contribution in [0.3, 0.4) is 0 Å². The van der Waals surface area contributed by atoms with Gasteiger partial charge in [0.25, 0.3) is 23.6 Å². The largest absolute Gasteiger partial charge is 0.411 e. The van der Waals surface area contributed by atoms with Crippen LogP contribution in [-0.4, -0.2) is 36.0 Å². The van der Waals surface area contributed by atoms with E-state index in [9.17, 15) is 45.5 Å². The Bertz CT molecular complexity index is 1830. The molecule has 0 spiro atoms. The molecule has 14 heteroatoms. The molecule has 0 fully saturated rings. The molecule has 0 aromatic heterocycles. The molecule has 0 bridgehead atoms. The highest BCUT2D eigenvalue weighted by Crippen LogP contribution is 2.57. The molecular formula is C31H18F6N4O4. The Balaban J connectivity index is 1.52. The molecule has 0 radical (unpaired) electrons. The van der Waals surface area contributed by atoms with E-state index in [-0.39, 0.29) is 22.7 Å². The molecule has 0 unspecified atom stereocenters. The number of alkyl halides is 6. The first-order chi connectivity index (χ1) is 21.1. The van der Waals surface area contributed by atoms with Crippen molar-refractivity contribution in [1.29, 1.82) is 0 Å². The van der Waals surface area contributed by atoms with E-state index in [4.69, 9.17) is 11.5 Å². The van der Waals surface area contributed by atoms with Crippen LogP contribution in [-0.2, 0) is 5.41 Å². The van der Waals surface area contributed by atoms with Crippen LogP contribution in [0.25, 0.3) is 0 Å². The number of amides is 4. The molecule has 4 amide bonds. The zero-order chi connectivity index (χ0) is 32.6. The van der Waals surface area contributed by atoms with Crippen LogP contribution < -0.4 is 21.3 Å². The second-order valence-electron chi connectivity index (χ2n) is 10.3. The topological polar surface area (TPSA) is 127 Å². The number of nitrogens with two attached hydrogens (primary N) is 2. The molecule has 0 aliphatic carbocycles. The van der Waals surface area contributed by atoms with Crippen molar-refractivity contribution in [3.63, 3.8) is 0 Å². The highest BCUT2D eigenvalue weighted by Gasteiger charge is 2.73. The van der Waals surface area contributed by atoms with Crippen molar-refractivity contribution in [3.8, 4) is 0 Å². The van der Waals surface area contributed by atoms with E-state index < -0.39 is 74.8 Å². The number of fused-ring (bicyclic) bond motifs is 2. The smallest absolute Gasteiger partial charge is 0.399 e. The van der Waals surface area contributed by atoms with Gasteiger partial charge in [0.15, 0.2) is 0 Å². The van der Waals surface area contributed by atoms with Crippen molar-refractivity contribution in [1.82, 2.24) is 0 Å². The van der Waals surface area contributed by atoms with Crippen molar-refractivity contribution in [2.45, 2.75) is 17.8 Å². The number of halogens is 6. The van der Waals surface area contributed by atoms with Gasteiger partial charge in [-0.25, -0.2) is 9.80 Å². The Morgan fingerprint density at radius 1 is 0.467 bits per heavy atom. The summed E-state index contributed by atoms with van der Waals surface area (Å²) in [5.74, 6) is -4.26. The summed E-state index contributed by atoms with van der Waals surface area (Å²) >= 11 is 0. The van der Waals surface area contributed by atoms with Crippen LogP contribution in [0.4, 0.5) is 49.1 Å². The fourth-order valence-electron chi connectivity index (χ4n) is 5.73. The van der Waals surface area contributed by atoms with Crippen molar-refractivity contribution in [3.05, 3.63) is 118 Å². The van der Waals surface area contributed by atoms with Crippen molar-refractivity contribution in [2.24, 2.45) is 0 Å². The summed E-state index contributed by atoms with van der Waals surface area (Å²) in [6.45, 7) is 0. The molecule has 8 nitrogen and oxygen atoms in total. The molecule has 6 rings (SSSR count). The third-order valence-corrected chi connectivity index (χ3v) is 7.75. The van der Waals surface area contributed by atoms with Gasteiger partial charge in [-0.3, -0.25) is 19.2 Å². The van der Waals surface area contributed by atoms with Crippen LogP contribution in [0.2, 0.25) is 0 Å². The van der Waals surface area contributed by atoms with Gasteiger partial charge in [0.2, 0.25) is 5.41 Å². The minimum absolute atomic E-state index is 0.0350. The van der Waals surface area contributed by atoms with Crippen LogP contribution >= 0.6 is 0 Å². The normalized spacial score (nSPS) is 15.2. The van der Waals surface area contributed by atoms with Crippen LogP contribution in [0.5, 0.6) is 0 Å². The lowest BCUT2D eigenvalue weighted by Crippen LogP contribution is -2.55. The summed E-state index contributed by atoms with van der Waals surface area (Å²) in [6.07, 6.45) is -12.2. The molecule has 0 saturated carbocycles. The lowest BCUT2D eigenvalue weighted by Gasteiger charge is -2.38. The lowest BCUT2D eigenvalue weighted by molar-refractivity contribution is -0.288. The lowest BCUT2D eigenvalue weighted by atomic mass is 9.71. The Labute approximate surface area is 249 Å². The number of carbonyl (C=O) groups excluding carboxylic acids is 4. The number of nitrogens with zero attached hydrogens (tertiary/aromatic N) is 2. The van der Waals surface area contributed by atoms with Gasteiger partial charge in [-0.1, -0.05) is 24.3 Å². The van der Waals surface area contributed by atoms with Gasteiger partial charge in [-0.05, 0) is 71.8 Å². The maximum absolute atomic E-state index is 15.0. The average Bonchev–Trinajstić information content (AvgIpc) is 3.35. The summed E-state index contributed by atoms with van der Waals surface area (Å²) in [6, 6.07) is 14.0. The van der Waals surface area contributed by atoms with Gasteiger partial charge in [-0.15, -0.1) is 0 Å². The molecule has 0 saturated heterocycles. The van der Waals surface area contributed by atoms with Crippen LogP contribution in [0, 0.1) is 0 Å². The summed E-state index contributed by atoms with van der Waals surface area (Å²) in [4.78, 5) is 53.8. The first kappa shape index (κ1) is 29.4. The predicted molar refractivity (Wildman–Crippen MR) is 150 cm³/mol. The standard InChI is InChI=1S/C31H18F6N4O4/c32-30(33,34)29(31(35,36)37,15-7-9-21-23(11-15)27(44)40(25(21)42)19-5-1-3-17(38)13-19)16-8-10-22-24(12-16)28(45)41(26(22)43)20-6-2-4-18(39)14-20/h1-14H,38-39H2. The number of carbonyl (C=O) groups is 4. The van der Waals surface area contributed by atoms with Gasteiger partial charge < -0.3 is 11.5 Å². The summed E-state index contributed by atoms with van der Waals surface area (Å²) < 4.78 is 90.0. The van der Waals surface area contributed by atoms with Crippen molar-refractivity contribution in [2.75, 3.05) is 21.3 Å². The quantitative estimate of drug-likeness (QED) is 0.166. The fraction of sp³-hybridized carbons (Fsp3) is 0.0968. The Morgan fingerprint density at radius 2 is 0.822 bits per heavy atom. The molecule has 45 heavy (non-hydrogen) atoms. The first-order valence-electron chi connectivity index (χ1n) is 13.0. The number of benzene rings is 4. The summed E-state index contributed by atoms with van der Waals surface area (Å²) in [5.41, 5.74) is 1.79. The van der Waals surface area contributed by atoms with Gasteiger partial charge in [0.05, 0.1) is 33.6 Å². The minimum atomic E-state index is -6.09. The number of hydrogen-bond donors (Lipinski definition) is 2. The Hall–Kier alpha value is -5.66. The van der Waals surface area contributed by atoms with Gasteiger partial charge in [0.1, 0.15) is 0 Å². The molecule has 4 N–H and O–H groups in total. The summed E-state index contributed by atoms with van der Waals surface area (Å²) in [5, 5.41) is 0. The maximum atomic E-state index is 15.0. The minimum Gasteiger partial charge on any atom is -0.399 e. The van der Waals surface area contributed by atoms with Crippen LogP contribution in [0.15, 0.2) is 84.9 Å². The van der Waals surface area contributed by atoms with E-state index in [1.54, 1.807) is 0 Å². The molecule has 2 heterocycles. The number of hydrogen-bond acceptors (Lipinski definition) is 6. The molecule has 0 atom stereocenters. The zero-order valence-electron chi connectivity index (χ0n) is 22.5. The van der Waals surface area contributed by atoms with E-state index in [0.29, 0.717) is 46.2 Å². The predicted octanol–water partition coefficient (Wildman–Crippen LogP) is 5.86. The number of rotatable bonds is 4. The average molecular weight is 624 g/mol. The first-order valence-corrected chi connectivity index (χ1v) is 13.0. The highest BCUT2D eigenvalue weighted by molar-refractivity contribution is 6.35. The molecule has 2 aliphatic rings. The van der Waals surface area contributed by atoms with E-state index in [2.05, 4.69) is 0 Å². The van der Waals surface area contributed by atoms with E-state index in [1.807, 2.05) is 0 Å². The fourth-order valence-corrected chi connectivity index (χ4v) is 5.73. The monoisotopic (exact) mass is 624 g/mol. The van der Waals surface area contributed by atoms with Crippen molar-refractivity contribution < 1.29 is 45.5 Å². The van der Waals surface area contributed by atoms with E-state index >= 15 is 0 Å². The molecule has 4 aromatic rings. The molecule has 2 aliphatic heterocycles.